The Morgan fingerprint density at radius 3 is 2.58 bits per heavy atom. The Bertz CT molecular complexity index is 1200. The van der Waals surface area contributed by atoms with E-state index in [1.165, 1.54) is 17.2 Å². The number of fused-ring (bicyclic) bond motifs is 3. The van der Waals surface area contributed by atoms with Gasteiger partial charge in [0, 0.05) is 6.42 Å². The molecule has 2 aromatic heterocycles. The van der Waals surface area contributed by atoms with Gasteiger partial charge in [-0.1, -0.05) is 0 Å². The molecule has 2 aliphatic heterocycles. The largest absolute Gasteiger partial charge is 0.490 e. The van der Waals surface area contributed by atoms with Gasteiger partial charge in [-0.2, -0.15) is 8.62 Å². The van der Waals surface area contributed by atoms with Gasteiger partial charge in [0.05, 0.1) is 19.5 Å². The molecule has 33 heavy (non-hydrogen) atoms. The van der Waals surface area contributed by atoms with E-state index >= 15 is 0 Å². The van der Waals surface area contributed by atoms with Gasteiger partial charge in [0.2, 0.25) is 0 Å². The number of nitrogens with zero attached hydrogens (tertiary/aromatic N) is 4. The zero-order chi connectivity index (χ0) is 24.2. The third-order valence-corrected chi connectivity index (χ3v) is 8.65. The van der Waals surface area contributed by atoms with E-state index in [9.17, 15) is 28.6 Å². The van der Waals surface area contributed by atoms with E-state index in [1.807, 2.05) is 0 Å². The van der Waals surface area contributed by atoms with Crippen molar-refractivity contribution in [2.24, 2.45) is 0 Å². The van der Waals surface area contributed by atoms with Crippen molar-refractivity contribution in [3.63, 3.8) is 0 Å². The lowest BCUT2D eigenvalue weighted by Crippen LogP contribution is -2.51. The van der Waals surface area contributed by atoms with Crippen LogP contribution in [0.3, 0.4) is 0 Å². The van der Waals surface area contributed by atoms with Crippen molar-refractivity contribution in [1.29, 1.82) is 0 Å². The van der Waals surface area contributed by atoms with Crippen LogP contribution in [0.15, 0.2) is 12.7 Å². The summed E-state index contributed by atoms with van der Waals surface area (Å²) in [5, 5.41) is 10.8. The number of aromatic nitrogens is 4. The summed E-state index contributed by atoms with van der Waals surface area (Å²) in [4.78, 5) is 48.2. The van der Waals surface area contributed by atoms with Gasteiger partial charge in [-0.15, -0.1) is 0 Å². The molecular formula is C12H18N5O13P3. The molecule has 2 aromatic rings. The summed E-state index contributed by atoms with van der Waals surface area (Å²) in [7, 11) is -16.7. The number of ether oxygens (including phenoxy) is 2. The Morgan fingerprint density at radius 1 is 1.15 bits per heavy atom. The van der Waals surface area contributed by atoms with Gasteiger partial charge in [-0.05, 0) is 0 Å². The fourth-order valence-corrected chi connectivity index (χ4v) is 6.61. The lowest BCUT2D eigenvalue weighted by Gasteiger charge is -2.35. The van der Waals surface area contributed by atoms with Crippen LogP contribution in [0.5, 0.6) is 0 Å². The second kappa shape index (κ2) is 8.39. The van der Waals surface area contributed by atoms with E-state index in [0.29, 0.717) is 0 Å². The zero-order valence-electron chi connectivity index (χ0n) is 16.2. The summed E-state index contributed by atoms with van der Waals surface area (Å²) in [5.41, 5.74) is 4.66. The van der Waals surface area contributed by atoms with Crippen molar-refractivity contribution in [2.75, 3.05) is 18.9 Å². The molecule has 2 saturated heterocycles. The number of phosphoric acid groups is 3. The summed E-state index contributed by atoms with van der Waals surface area (Å²) >= 11 is 0. The number of phosphoric ester groups is 1. The molecule has 0 saturated carbocycles. The van der Waals surface area contributed by atoms with E-state index in [4.69, 9.17) is 29.5 Å². The number of anilines is 1. The number of rotatable bonds is 8. The van der Waals surface area contributed by atoms with Gasteiger partial charge in [-0.25, -0.2) is 28.6 Å². The first kappa shape index (κ1) is 24.8. The van der Waals surface area contributed by atoms with Gasteiger partial charge < -0.3 is 39.9 Å². The molecule has 2 bridgehead atoms. The summed E-state index contributed by atoms with van der Waals surface area (Å²) < 4.78 is 59.3. The van der Waals surface area contributed by atoms with Crippen LogP contribution in [0.2, 0.25) is 0 Å². The van der Waals surface area contributed by atoms with Gasteiger partial charge in [0.1, 0.15) is 29.7 Å². The summed E-state index contributed by atoms with van der Waals surface area (Å²) in [6.45, 7) is -0.792. The Balaban J connectivity index is 1.53. The molecule has 2 aliphatic rings. The molecule has 2 fully saturated rings. The topological polar surface area (TPSA) is 268 Å². The molecule has 0 amide bonds. The number of aliphatic hydroxyl groups is 1. The molecule has 18 nitrogen and oxygen atoms in total. The van der Waals surface area contributed by atoms with Gasteiger partial charge in [-0.3, -0.25) is 9.09 Å². The lowest BCUT2D eigenvalue weighted by atomic mass is 9.90. The minimum Gasteiger partial charge on any atom is -0.387 e. The average molecular weight is 533 g/mol. The highest BCUT2D eigenvalue weighted by molar-refractivity contribution is 7.66. The SMILES string of the molecule is Nc1ncnc2c1ncn2[C@@H]1O[C@@]2(COP(=O)(O)OP(=O)(O)OP(=O)(O)O)CCO[C@@H]1[C@@H]2O. The molecule has 4 heterocycles. The first-order valence-corrected chi connectivity index (χ1v) is 13.4. The summed E-state index contributed by atoms with van der Waals surface area (Å²) in [5.74, 6) is 0.101. The molecule has 184 valence electrons. The van der Waals surface area contributed by atoms with Crippen molar-refractivity contribution in [2.45, 2.75) is 30.5 Å². The van der Waals surface area contributed by atoms with Crippen LogP contribution in [-0.4, -0.2) is 75.2 Å². The van der Waals surface area contributed by atoms with Gasteiger partial charge in [0.15, 0.2) is 17.7 Å². The van der Waals surface area contributed by atoms with Crippen LogP contribution in [-0.2, 0) is 36.3 Å². The fraction of sp³-hybridized carbons (Fsp3) is 0.583. The first-order chi connectivity index (χ1) is 15.2. The predicted octanol–water partition coefficient (Wildman–Crippen LogP) is -0.831. The quantitative estimate of drug-likeness (QED) is 0.226. The van der Waals surface area contributed by atoms with E-state index < -0.39 is 54.1 Å². The first-order valence-electron chi connectivity index (χ1n) is 8.91. The van der Waals surface area contributed by atoms with Crippen LogP contribution in [0.1, 0.15) is 12.6 Å². The summed E-state index contributed by atoms with van der Waals surface area (Å²) in [6, 6.07) is 0. The highest BCUT2D eigenvalue weighted by atomic mass is 31.3. The maximum absolute atomic E-state index is 12.1. The summed E-state index contributed by atoms with van der Waals surface area (Å²) in [6.07, 6.45) is -0.920. The number of aliphatic hydroxyl groups excluding tert-OH is 1. The predicted molar refractivity (Wildman–Crippen MR) is 103 cm³/mol. The Morgan fingerprint density at radius 2 is 1.88 bits per heavy atom. The van der Waals surface area contributed by atoms with Crippen LogP contribution in [0.4, 0.5) is 5.82 Å². The molecule has 21 heteroatoms. The molecule has 0 spiro atoms. The van der Waals surface area contributed by atoms with Crippen LogP contribution in [0.25, 0.3) is 11.2 Å². The van der Waals surface area contributed by atoms with Crippen molar-refractivity contribution in [3.8, 4) is 0 Å². The highest BCUT2D eigenvalue weighted by Gasteiger charge is 2.59. The number of imidazole rings is 1. The van der Waals surface area contributed by atoms with E-state index in [0.717, 1.165) is 0 Å². The zero-order valence-corrected chi connectivity index (χ0v) is 18.9. The van der Waals surface area contributed by atoms with Crippen molar-refractivity contribution < 1.29 is 61.0 Å². The second-order valence-corrected chi connectivity index (χ2v) is 11.5. The lowest BCUT2D eigenvalue weighted by molar-refractivity contribution is -0.141. The van der Waals surface area contributed by atoms with Crippen molar-refractivity contribution in [3.05, 3.63) is 12.7 Å². The third kappa shape index (κ3) is 5.04. The molecule has 0 aliphatic carbocycles. The van der Waals surface area contributed by atoms with Gasteiger partial charge in [0.25, 0.3) is 0 Å². The van der Waals surface area contributed by atoms with Crippen LogP contribution < -0.4 is 5.73 Å². The van der Waals surface area contributed by atoms with E-state index in [-0.39, 0.29) is 30.0 Å². The number of hydrogen-bond acceptors (Lipinski definition) is 13. The second-order valence-electron chi connectivity index (χ2n) is 7.05. The molecule has 2 unspecified atom stereocenters. The highest BCUT2D eigenvalue weighted by Crippen LogP contribution is 2.66. The van der Waals surface area contributed by atoms with Crippen molar-refractivity contribution >= 4 is 40.4 Å². The Hall–Kier alpha value is -1.36. The molecule has 0 radical (unpaired) electrons. The Labute approximate surface area is 183 Å². The molecular weight excluding hydrogens is 515 g/mol. The fourth-order valence-electron chi connectivity index (χ4n) is 3.54. The minimum absolute atomic E-state index is 0.0271. The van der Waals surface area contributed by atoms with Crippen LogP contribution in [0, 0.1) is 0 Å². The van der Waals surface area contributed by atoms with Crippen molar-refractivity contribution in [1.82, 2.24) is 19.5 Å². The molecule has 6 atom stereocenters. The number of nitrogens with two attached hydrogens (primary N) is 1. The van der Waals surface area contributed by atoms with E-state index in [1.54, 1.807) is 0 Å². The standard InChI is InChI=1S/C12H18N5O13P3/c13-9-6-10(15-4-14-9)17(5-16-6)11-7-8(18)12(28-11,1-2-26-7)3-27-32(22,23)30-33(24,25)29-31(19,20)21/h4-5,7-8,11,18H,1-3H2,(H,22,23)(H,24,25)(H2,13,14,15)(H2,19,20,21)/t7-,8+,11-,12-/m1/s1. The van der Waals surface area contributed by atoms with E-state index in [2.05, 4.69) is 23.6 Å². The monoisotopic (exact) mass is 533 g/mol. The molecule has 7 N–H and O–H groups in total. The molecule has 4 rings (SSSR count). The maximum Gasteiger partial charge on any atom is 0.490 e. The maximum atomic E-state index is 12.1. The number of nitrogen functional groups attached to an aromatic ring is 1. The normalized spacial score (nSPS) is 31.4. The van der Waals surface area contributed by atoms with Crippen LogP contribution >= 0.6 is 23.5 Å². The average Bonchev–Trinajstić information content (AvgIpc) is 3.12. The number of hydrogen-bond donors (Lipinski definition) is 6. The molecule has 0 aromatic carbocycles. The smallest absolute Gasteiger partial charge is 0.387 e. The minimum atomic E-state index is -5.69. The third-order valence-electron chi connectivity index (χ3n) is 4.87. The Kier molecular flexibility index (Phi) is 6.29. The van der Waals surface area contributed by atoms with Gasteiger partial charge >= 0.3 is 23.5 Å².